The molecule has 0 amide bonds. The van der Waals surface area contributed by atoms with Gasteiger partial charge in [0.2, 0.25) is 0 Å². The second-order valence-electron chi connectivity index (χ2n) is 13.5. The fraction of sp³-hybridized carbons (Fsp3) is 0.690. The molecule has 316 valence electrons. The Morgan fingerprint density at radius 3 is 1.84 bits per heavy atom. The number of rotatable bonds is 33. The van der Waals surface area contributed by atoms with Gasteiger partial charge < -0.3 is 34.3 Å². The van der Waals surface area contributed by atoms with E-state index in [0.29, 0.717) is 13.0 Å². The van der Waals surface area contributed by atoms with E-state index in [9.17, 15) is 28.5 Å². The molecule has 0 aromatic rings. The van der Waals surface area contributed by atoms with Gasteiger partial charge in [-0.15, -0.1) is 0 Å². The molecule has 1 fully saturated rings. The number of carbonyl (C=O) groups excluding carboxylic acids is 1. The Balaban J connectivity index is 2.55. The molecule has 1 heterocycles. The van der Waals surface area contributed by atoms with E-state index in [-0.39, 0.29) is 19.6 Å². The lowest BCUT2D eigenvalue weighted by molar-refractivity contribution is -0.301. The first-order valence-electron chi connectivity index (χ1n) is 20.2. The molecule has 1 aliphatic rings. The number of hydrogen-bond acceptors (Lipinski definition) is 11. The van der Waals surface area contributed by atoms with Crippen LogP contribution < -0.4 is 0 Å². The molecule has 6 atom stereocenters. The molecule has 6 unspecified atom stereocenters. The Labute approximate surface area is 331 Å². The van der Waals surface area contributed by atoms with Crippen molar-refractivity contribution < 1.29 is 56.2 Å². The lowest BCUT2D eigenvalue weighted by Crippen LogP contribution is -2.60. The van der Waals surface area contributed by atoms with Crippen LogP contribution in [0, 0.1) is 0 Å². The lowest BCUT2D eigenvalue weighted by atomic mass is 9.99. The van der Waals surface area contributed by atoms with E-state index < -0.39 is 59.8 Å². The predicted molar refractivity (Wildman–Crippen MR) is 216 cm³/mol. The number of hydrogen-bond donors (Lipinski definition) is 4. The first kappa shape index (κ1) is 50.6. The van der Waals surface area contributed by atoms with Gasteiger partial charge in [0.15, 0.2) is 6.29 Å². The summed E-state index contributed by atoms with van der Waals surface area (Å²) in [5.41, 5.74) is 0. The standard InChI is InChI=1S/C42H70O12S/c1-3-5-7-9-11-13-15-17-18-20-22-24-26-28-30-32-50-34-36(35-51-42-40(46)41(54-55(47,48)49)39(45)37(33-43)53-42)52-38(44)31-29-27-25-23-21-19-16-14-12-10-8-6-4-2/h6,8-9,11-12,14-15,17,19,21,25,27,36-37,39-43,45-46H,3-5,7,10,13,16,18,20,22-24,26,28-35H2,1-2H3,(H,47,48,49)/b8-6-,11-9-,14-12-,17-15-,21-19-,27-25-. The van der Waals surface area contributed by atoms with E-state index in [1.165, 1.54) is 25.7 Å². The molecular formula is C42H70O12S. The third kappa shape index (κ3) is 27.7. The predicted octanol–water partition coefficient (Wildman–Crippen LogP) is 7.57. The van der Waals surface area contributed by atoms with Crippen LogP contribution in [0.3, 0.4) is 0 Å². The minimum absolute atomic E-state index is 0.00431. The van der Waals surface area contributed by atoms with Crippen LogP contribution in [0.15, 0.2) is 72.9 Å². The van der Waals surface area contributed by atoms with Gasteiger partial charge in [-0.3, -0.25) is 9.35 Å². The van der Waals surface area contributed by atoms with Gasteiger partial charge in [-0.05, 0) is 64.2 Å². The number of carbonyl (C=O) groups is 1. The summed E-state index contributed by atoms with van der Waals surface area (Å²) >= 11 is 0. The van der Waals surface area contributed by atoms with Gasteiger partial charge >= 0.3 is 16.4 Å². The fourth-order valence-electron chi connectivity index (χ4n) is 5.52. The van der Waals surface area contributed by atoms with Crippen molar-refractivity contribution in [1.82, 2.24) is 0 Å². The average molecular weight is 799 g/mol. The average Bonchev–Trinajstić information content (AvgIpc) is 3.15. The van der Waals surface area contributed by atoms with E-state index >= 15 is 0 Å². The maximum Gasteiger partial charge on any atom is 0.397 e. The zero-order valence-corrected chi connectivity index (χ0v) is 34.0. The highest BCUT2D eigenvalue weighted by atomic mass is 32.3. The van der Waals surface area contributed by atoms with Crippen molar-refractivity contribution in [2.24, 2.45) is 0 Å². The van der Waals surface area contributed by atoms with Crippen LogP contribution in [0.25, 0.3) is 0 Å². The molecule has 0 saturated carbocycles. The zero-order chi connectivity index (χ0) is 40.4. The van der Waals surface area contributed by atoms with E-state index in [2.05, 4.69) is 78.8 Å². The Morgan fingerprint density at radius 2 is 1.25 bits per heavy atom. The van der Waals surface area contributed by atoms with Crippen LogP contribution in [-0.4, -0.2) is 97.5 Å². The van der Waals surface area contributed by atoms with E-state index in [1.54, 1.807) is 0 Å². The van der Waals surface area contributed by atoms with Gasteiger partial charge in [-0.1, -0.05) is 125 Å². The van der Waals surface area contributed by atoms with Gasteiger partial charge in [0.25, 0.3) is 0 Å². The molecule has 13 heteroatoms. The smallest absolute Gasteiger partial charge is 0.397 e. The number of esters is 1. The Kier molecular flexibility index (Phi) is 30.9. The second-order valence-corrected chi connectivity index (χ2v) is 14.5. The molecule has 0 aromatic carbocycles. The monoisotopic (exact) mass is 798 g/mol. The largest absolute Gasteiger partial charge is 0.457 e. The fourth-order valence-corrected chi connectivity index (χ4v) is 6.03. The van der Waals surface area contributed by atoms with Crippen LogP contribution in [0.5, 0.6) is 0 Å². The minimum atomic E-state index is -5.07. The van der Waals surface area contributed by atoms with Gasteiger partial charge in [-0.25, -0.2) is 4.18 Å². The van der Waals surface area contributed by atoms with Crippen LogP contribution in [0.4, 0.5) is 0 Å². The third-order valence-corrected chi connectivity index (χ3v) is 9.04. The highest BCUT2D eigenvalue weighted by Gasteiger charge is 2.48. The summed E-state index contributed by atoms with van der Waals surface area (Å²) in [7, 11) is -5.07. The van der Waals surface area contributed by atoms with E-state index in [4.69, 9.17) is 23.5 Å². The number of unbranched alkanes of at least 4 members (excludes halogenated alkanes) is 8. The highest BCUT2D eigenvalue weighted by Crippen LogP contribution is 2.26. The molecular weight excluding hydrogens is 729 g/mol. The molecule has 0 aliphatic carbocycles. The van der Waals surface area contributed by atoms with Crippen molar-refractivity contribution in [3.8, 4) is 0 Å². The van der Waals surface area contributed by atoms with Crippen molar-refractivity contribution in [3.05, 3.63) is 72.9 Å². The number of aliphatic hydroxyl groups is 3. The molecule has 1 aliphatic heterocycles. The van der Waals surface area contributed by atoms with Crippen LogP contribution >= 0.6 is 0 Å². The summed E-state index contributed by atoms with van der Waals surface area (Å²) in [6.07, 6.45) is 32.4. The molecule has 4 N–H and O–H groups in total. The van der Waals surface area contributed by atoms with Gasteiger partial charge in [-0.2, -0.15) is 8.42 Å². The number of allylic oxidation sites excluding steroid dienone is 12. The minimum Gasteiger partial charge on any atom is -0.457 e. The first-order valence-corrected chi connectivity index (χ1v) is 21.6. The molecule has 1 rings (SSSR count). The SMILES string of the molecule is CC/C=C\C/C=C\C/C=C\C/C=C\CCC(=O)OC(COCCCCCCCC/C=C\C/C=C\CCCC)COC1OC(CO)C(O)C(OS(=O)(=O)O)C1O. The highest BCUT2D eigenvalue weighted by molar-refractivity contribution is 7.80. The van der Waals surface area contributed by atoms with Gasteiger partial charge in [0, 0.05) is 13.0 Å². The van der Waals surface area contributed by atoms with E-state index in [0.717, 1.165) is 70.6 Å². The van der Waals surface area contributed by atoms with Crippen LogP contribution in [0.2, 0.25) is 0 Å². The Hall–Kier alpha value is -2.46. The Bertz CT molecular complexity index is 1240. The van der Waals surface area contributed by atoms with Crippen LogP contribution in [-0.2, 0) is 38.3 Å². The molecule has 0 radical (unpaired) electrons. The van der Waals surface area contributed by atoms with Gasteiger partial charge in [0.1, 0.15) is 30.5 Å². The molecule has 0 spiro atoms. The zero-order valence-electron chi connectivity index (χ0n) is 33.2. The number of ether oxygens (including phenoxy) is 4. The summed E-state index contributed by atoms with van der Waals surface area (Å²) in [4.78, 5) is 12.7. The number of aliphatic hydroxyl groups excluding tert-OH is 3. The Morgan fingerprint density at radius 1 is 0.709 bits per heavy atom. The van der Waals surface area contributed by atoms with Crippen molar-refractivity contribution in [2.75, 3.05) is 26.4 Å². The molecule has 1 saturated heterocycles. The second kappa shape index (κ2) is 33.7. The van der Waals surface area contributed by atoms with Crippen LogP contribution in [0.1, 0.15) is 123 Å². The summed E-state index contributed by atoms with van der Waals surface area (Å²) in [5, 5.41) is 30.5. The molecule has 12 nitrogen and oxygen atoms in total. The van der Waals surface area contributed by atoms with Gasteiger partial charge in [0.05, 0.1) is 19.8 Å². The van der Waals surface area contributed by atoms with Crippen molar-refractivity contribution >= 4 is 16.4 Å². The van der Waals surface area contributed by atoms with Crippen molar-refractivity contribution in [3.63, 3.8) is 0 Å². The summed E-state index contributed by atoms with van der Waals surface area (Å²) in [5.74, 6) is -0.487. The molecule has 0 bridgehead atoms. The maximum atomic E-state index is 12.7. The maximum absolute atomic E-state index is 12.7. The lowest BCUT2D eigenvalue weighted by Gasteiger charge is -2.41. The van der Waals surface area contributed by atoms with Crippen molar-refractivity contribution in [2.45, 2.75) is 160 Å². The molecule has 55 heavy (non-hydrogen) atoms. The first-order chi connectivity index (χ1) is 26.6. The normalized spacial score (nSPS) is 21.7. The topological polar surface area (TPSA) is 178 Å². The summed E-state index contributed by atoms with van der Waals surface area (Å²) in [6.45, 7) is 3.68. The summed E-state index contributed by atoms with van der Waals surface area (Å²) < 4.78 is 58.7. The quantitative estimate of drug-likeness (QED) is 0.0222. The van der Waals surface area contributed by atoms with E-state index in [1.807, 2.05) is 12.2 Å². The summed E-state index contributed by atoms with van der Waals surface area (Å²) in [6, 6.07) is 0. The molecule has 0 aromatic heterocycles. The van der Waals surface area contributed by atoms with Crippen molar-refractivity contribution in [1.29, 1.82) is 0 Å². The third-order valence-electron chi connectivity index (χ3n) is 8.58.